The van der Waals surface area contributed by atoms with E-state index in [-0.39, 0.29) is 5.91 Å². The molecule has 28 heavy (non-hydrogen) atoms. The van der Waals surface area contributed by atoms with Gasteiger partial charge in [-0.05, 0) is 48.4 Å². The minimum absolute atomic E-state index is 0.269. The molecule has 3 rings (SSSR count). The molecule has 2 N–H and O–H groups in total. The van der Waals surface area contributed by atoms with Crippen molar-refractivity contribution in [3.05, 3.63) is 72.1 Å². The summed E-state index contributed by atoms with van der Waals surface area (Å²) in [4.78, 5) is 20.7. The number of rotatable bonds is 8. The number of carbonyl (C=O) groups is 1. The topological polar surface area (TPSA) is 85.4 Å². The Kier molecular flexibility index (Phi) is 6.41. The lowest BCUT2D eigenvalue weighted by Crippen LogP contribution is -2.14. The van der Waals surface area contributed by atoms with Gasteiger partial charge in [-0.15, -0.1) is 0 Å². The molecule has 0 spiro atoms. The maximum Gasteiger partial charge on any atom is 0.258 e. The van der Waals surface area contributed by atoms with E-state index in [0.717, 1.165) is 17.9 Å². The average molecular weight is 378 g/mol. The van der Waals surface area contributed by atoms with Gasteiger partial charge in [0, 0.05) is 24.6 Å². The zero-order valence-electron chi connectivity index (χ0n) is 15.8. The monoisotopic (exact) mass is 378 g/mol. The highest BCUT2D eigenvalue weighted by Gasteiger charge is 2.08. The molecule has 0 atom stereocenters. The van der Waals surface area contributed by atoms with Crippen molar-refractivity contribution in [1.29, 1.82) is 0 Å². The van der Waals surface area contributed by atoms with Crippen molar-refractivity contribution in [1.82, 2.24) is 9.97 Å². The lowest BCUT2D eigenvalue weighted by molar-refractivity contribution is 0.102. The second-order valence-corrected chi connectivity index (χ2v) is 6.00. The molecule has 0 unspecified atom stereocenters. The smallest absolute Gasteiger partial charge is 0.258 e. The Bertz CT molecular complexity index is 894. The summed E-state index contributed by atoms with van der Waals surface area (Å²) in [7, 11) is 3.24. The Labute approximate surface area is 163 Å². The second kappa shape index (κ2) is 9.36. The molecule has 1 amide bonds. The van der Waals surface area contributed by atoms with Crippen molar-refractivity contribution < 1.29 is 14.3 Å². The maximum atomic E-state index is 12.3. The standard InChI is InChI=1S/C21H22N4O3/c1-27-18-7-3-15(4-8-18)11-12-22-21-23-13-16(14-24-21)20(26)25-17-5-9-19(28-2)10-6-17/h3-10,13-14H,11-12H2,1-2H3,(H,25,26)(H,22,23,24). The third-order valence-corrected chi connectivity index (χ3v) is 4.12. The van der Waals surface area contributed by atoms with Crippen LogP contribution in [0.1, 0.15) is 15.9 Å². The number of hydrogen-bond acceptors (Lipinski definition) is 6. The fraction of sp³-hybridized carbons (Fsp3) is 0.190. The lowest BCUT2D eigenvalue weighted by atomic mass is 10.1. The van der Waals surface area contributed by atoms with Gasteiger partial charge in [0.2, 0.25) is 5.95 Å². The van der Waals surface area contributed by atoms with E-state index in [1.54, 1.807) is 38.5 Å². The van der Waals surface area contributed by atoms with E-state index in [9.17, 15) is 4.79 Å². The molecule has 1 aromatic heterocycles. The van der Waals surface area contributed by atoms with Gasteiger partial charge in [0.05, 0.1) is 19.8 Å². The van der Waals surface area contributed by atoms with Gasteiger partial charge in [0.25, 0.3) is 5.91 Å². The van der Waals surface area contributed by atoms with Gasteiger partial charge in [0.1, 0.15) is 11.5 Å². The highest BCUT2D eigenvalue weighted by atomic mass is 16.5. The van der Waals surface area contributed by atoms with Crippen molar-refractivity contribution in [2.75, 3.05) is 31.4 Å². The van der Waals surface area contributed by atoms with E-state index in [2.05, 4.69) is 20.6 Å². The van der Waals surface area contributed by atoms with Crippen molar-refractivity contribution in [2.24, 2.45) is 0 Å². The van der Waals surface area contributed by atoms with Gasteiger partial charge < -0.3 is 20.1 Å². The summed E-state index contributed by atoms with van der Waals surface area (Å²) in [6.45, 7) is 0.684. The van der Waals surface area contributed by atoms with Crippen LogP contribution in [0, 0.1) is 0 Å². The summed E-state index contributed by atoms with van der Waals surface area (Å²) in [5.74, 6) is 1.78. The first-order chi connectivity index (χ1) is 13.7. The first kappa shape index (κ1) is 19.2. The maximum absolute atomic E-state index is 12.3. The van der Waals surface area contributed by atoms with Crippen LogP contribution in [0.15, 0.2) is 60.9 Å². The fourth-order valence-electron chi connectivity index (χ4n) is 2.53. The molecule has 0 aliphatic heterocycles. The Morgan fingerprint density at radius 2 is 1.46 bits per heavy atom. The van der Waals surface area contributed by atoms with Crippen LogP contribution >= 0.6 is 0 Å². The number of carbonyl (C=O) groups excluding carboxylic acids is 1. The van der Waals surface area contributed by atoms with Gasteiger partial charge in [-0.25, -0.2) is 9.97 Å². The number of nitrogens with zero attached hydrogens (tertiary/aromatic N) is 2. The summed E-state index contributed by atoms with van der Waals surface area (Å²) in [5.41, 5.74) is 2.24. The first-order valence-corrected chi connectivity index (χ1v) is 8.82. The van der Waals surface area contributed by atoms with Gasteiger partial charge in [-0.1, -0.05) is 12.1 Å². The van der Waals surface area contributed by atoms with Crippen LogP contribution in [0.2, 0.25) is 0 Å². The molecule has 2 aromatic carbocycles. The van der Waals surface area contributed by atoms with Gasteiger partial charge >= 0.3 is 0 Å². The molecule has 3 aromatic rings. The van der Waals surface area contributed by atoms with E-state index in [1.165, 1.54) is 18.0 Å². The molecule has 0 radical (unpaired) electrons. The molecule has 0 aliphatic carbocycles. The molecule has 0 saturated carbocycles. The number of anilines is 2. The van der Waals surface area contributed by atoms with Crippen LogP contribution in [0.25, 0.3) is 0 Å². The Morgan fingerprint density at radius 3 is 2.04 bits per heavy atom. The third kappa shape index (κ3) is 5.20. The normalized spacial score (nSPS) is 10.2. The average Bonchev–Trinajstić information content (AvgIpc) is 2.75. The van der Waals surface area contributed by atoms with Crippen LogP contribution in [0.3, 0.4) is 0 Å². The van der Waals surface area contributed by atoms with Crippen LogP contribution in [-0.2, 0) is 6.42 Å². The molecule has 7 heteroatoms. The largest absolute Gasteiger partial charge is 0.497 e. The number of methoxy groups -OCH3 is 2. The van der Waals surface area contributed by atoms with E-state index in [0.29, 0.717) is 23.7 Å². The zero-order valence-corrected chi connectivity index (χ0v) is 15.8. The van der Waals surface area contributed by atoms with Crippen molar-refractivity contribution >= 4 is 17.5 Å². The van der Waals surface area contributed by atoms with E-state index >= 15 is 0 Å². The summed E-state index contributed by atoms with van der Waals surface area (Å²) >= 11 is 0. The van der Waals surface area contributed by atoms with Crippen LogP contribution in [-0.4, -0.2) is 36.6 Å². The van der Waals surface area contributed by atoms with Crippen LogP contribution < -0.4 is 20.1 Å². The number of amides is 1. The van der Waals surface area contributed by atoms with Gasteiger partial charge in [-0.3, -0.25) is 4.79 Å². The molecule has 0 aliphatic rings. The Balaban J connectivity index is 1.49. The third-order valence-electron chi connectivity index (χ3n) is 4.12. The van der Waals surface area contributed by atoms with Crippen LogP contribution in [0.4, 0.5) is 11.6 Å². The number of nitrogens with one attached hydrogen (secondary N) is 2. The number of ether oxygens (including phenoxy) is 2. The predicted octanol–water partition coefficient (Wildman–Crippen LogP) is 3.40. The summed E-state index contributed by atoms with van der Waals surface area (Å²) in [5, 5.41) is 5.95. The quantitative estimate of drug-likeness (QED) is 0.625. The molecule has 0 fully saturated rings. The predicted molar refractivity (Wildman–Crippen MR) is 108 cm³/mol. The van der Waals surface area contributed by atoms with Crippen molar-refractivity contribution in [3.8, 4) is 11.5 Å². The minimum atomic E-state index is -0.269. The number of benzene rings is 2. The van der Waals surface area contributed by atoms with E-state index in [4.69, 9.17) is 9.47 Å². The summed E-state index contributed by atoms with van der Waals surface area (Å²) < 4.78 is 10.2. The minimum Gasteiger partial charge on any atom is -0.497 e. The SMILES string of the molecule is COc1ccc(CCNc2ncc(C(=O)Nc3ccc(OC)cc3)cn2)cc1. The van der Waals surface area contributed by atoms with Crippen molar-refractivity contribution in [2.45, 2.75) is 6.42 Å². The first-order valence-electron chi connectivity index (χ1n) is 8.82. The Hall–Kier alpha value is -3.61. The Morgan fingerprint density at radius 1 is 0.893 bits per heavy atom. The molecule has 1 heterocycles. The van der Waals surface area contributed by atoms with E-state index < -0.39 is 0 Å². The second-order valence-electron chi connectivity index (χ2n) is 6.00. The highest BCUT2D eigenvalue weighted by Crippen LogP contribution is 2.16. The van der Waals surface area contributed by atoms with Gasteiger partial charge in [0.15, 0.2) is 0 Å². The summed E-state index contributed by atoms with van der Waals surface area (Å²) in [6.07, 6.45) is 3.83. The molecular weight excluding hydrogens is 356 g/mol. The van der Waals surface area contributed by atoms with Crippen molar-refractivity contribution in [3.63, 3.8) is 0 Å². The molecular formula is C21H22N4O3. The molecule has 144 valence electrons. The molecule has 7 nitrogen and oxygen atoms in total. The lowest BCUT2D eigenvalue weighted by Gasteiger charge is -2.08. The number of hydrogen-bond donors (Lipinski definition) is 2. The molecule has 0 bridgehead atoms. The highest BCUT2D eigenvalue weighted by molar-refractivity contribution is 6.03. The number of aromatic nitrogens is 2. The molecule has 0 saturated heterocycles. The fourth-order valence-corrected chi connectivity index (χ4v) is 2.53. The zero-order chi connectivity index (χ0) is 19.8. The summed E-state index contributed by atoms with van der Waals surface area (Å²) in [6, 6.07) is 15.0. The van der Waals surface area contributed by atoms with E-state index in [1.807, 2.05) is 24.3 Å². The van der Waals surface area contributed by atoms with Crippen LogP contribution in [0.5, 0.6) is 11.5 Å². The van der Waals surface area contributed by atoms with Gasteiger partial charge in [-0.2, -0.15) is 0 Å².